The zero-order valence-corrected chi connectivity index (χ0v) is 26.7. The maximum atomic E-state index is 13.9. The summed E-state index contributed by atoms with van der Waals surface area (Å²) in [7, 11) is 3.05. The Morgan fingerprint density at radius 2 is 1.74 bits per heavy atom. The van der Waals surface area contributed by atoms with Gasteiger partial charge in [0.1, 0.15) is 5.75 Å². The Bertz CT molecular complexity index is 1930. The van der Waals surface area contributed by atoms with Crippen LogP contribution in [0.15, 0.2) is 87.8 Å². The van der Waals surface area contributed by atoms with Crippen LogP contribution in [-0.4, -0.2) is 37.3 Å². The molecule has 9 nitrogen and oxygen atoms in total. The van der Waals surface area contributed by atoms with Crippen molar-refractivity contribution < 1.29 is 28.5 Å². The van der Waals surface area contributed by atoms with Gasteiger partial charge in [0.05, 0.1) is 48.2 Å². The molecule has 3 aromatic carbocycles. The van der Waals surface area contributed by atoms with Gasteiger partial charge < -0.3 is 18.9 Å². The number of allylic oxidation sites excluding steroid dienone is 1. The van der Waals surface area contributed by atoms with Crippen LogP contribution in [0.4, 0.5) is 0 Å². The molecule has 1 aromatic heterocycles. The molecule has 5 rings (SSSR count). The van der Waals surface area contributed by atoms with Crippen LogP contribution in [0, 0.1) is 3.57 Å². The molecule has 0 saturated carbocycles. The quantitative estimate of drug-likeness (QED) is 0.149. The Hall–Kier alpha value is -4.23. The van der Waals surface area contributed by atoms with Crippen LogP contribution in [-0.2, 0) is 9.53 Å². The summed E-state index contributed by atoms with van der Waals surface area (Å²) in [6.45, 7) is 3.66. The van der Waals surface area contributed by atoms with Crippen LogP contribution < -0.4 is 29.1 Å². The molecule has 43 heavy (non-hydrogen) atoms. The van der Waals surface area contributed by atoms with Crippen LogP contribution in [0.1, 0.15) is 41.4 Å². The maximum absolute atomic E-state index is 13.9. The van der Waals surface area contributed by atoms with E-state index in [1.54, 1.807) is 69.5 Å². The minimum Gasteiger partial charge on any atom is -0.497 e. The van der Waals surface area contributed by atoms with E-state index >= 15 is 0 Å². The van der Waals surface area contributed by atoms with Crippen molar-refractivity contribution in [3.8, 4) is 17.2 Å². The number of thiazole rings is 1. The summed E-state index contributed by atoms with van der Waals surface area (Å²) >= 11 is 3.29. The zero-order chi connectivity index (χ0) is 30.7. The molecule has 0 N–H and O–H groups in total. The van der Waals surface area contributed by atoms with Crippen molar-refractivity contribution in [3.05, 3.63) is 118 Å². The highest BCUT2D eigenvalue weighted by atomic mass is 127. The molecule has 1 aliphatic heterocycles. The van der Waals surface area contributed by atoms with Gasteiger partial charge in [0.2, 0.25) is 0 Å². The number of ether oxygens (including phenoxy) is 4. The van der Waals surface area contributed by atoms with Gasteiger partial charge in [0.15, 0.2) is 16.3 Å². The Kier molecular flexibility index (Phi) is 9.11. The van der Waals surface area contributed by atoms with Crippen molar-refractivity contribution in [3.63, 3.8) is 0 Å². The first kappa shape index (κ1) is 30.2. The van der Waals surface area contributed by atoms with E-state index in [0.717, 1.165) is 3.57 Å². The SMILES string of the molecule is CCOC(=O)C1=C(C)N=c2s/c(=C\c3ccc(OC(=O)c4ccccc4I)c(OC)c3)c(=O)n2[C@H]1c1ccc(OC)cc1. The minimum atomic E-state index is -0.736. The number of rotatable bonds is 8. The monoisotopic (exact) mass is 710 g/mol. The van der Waals surface area contributed by atoms with Crippen LogP contribution in [0.2, 0.25) is 0 Å². The smallest absolute Gasteiger partial charge is 0.344 e. The molecule has 4 aromatic rings. The summed E-state index contributed by atoms with van der Waals surface area (Å²) in [5.41, 5.74) is 2.27. The predicted molar refractivity (Wildman–Crippen MR) is 171 cm³/mol. The number of fused-ring (bicyclic) bond motifs is 1. The first-order chi connectivity index (χ1) is 20.7. The molecule has 0 aliphatic carbocycles. The second-order valence-electron chi connectivity index (χ2n) is 9.36. The number of nitrogens with zero attached hydrogens (tertiary/aromatic N) is 2. The fourth-order valence-corrected chi connectivity index (χ4v) is 6.34. The molecule has 1 atom stereocenters. The van der Waals surface area contributed by atoms with Gasteiger partial charge in [0, 0.05) is 3.57 Å². The van der Waals surface area contributed by atoms with Crippen molar-refractivity contribution in [2.45, 2.75) is 19.9 Å². The zero-order valence-electron chi connectivity index (χ0n) is 23.8. The highest BCUT2D eigenvalue weighted by Crippen LogP contribution is 2.32. The van der Waals surface area contributed by atoms with Crippen molar-refractivity contribution in [1.82, 2.24) is 4.57 Å². The molecule has 0 bridgehead atoms. The summed E-state index contributed by atoms with van der Waals surface area (Å²) in [5, 5.41) is 0. The van der Waals surface area contributed by atoms with Gasteiger partial charge in [-0.25, -0.2) is 14.6 Å². The molecule has 0 amide bonds. The normalized spacial score (nSPS) is 14.5. The lowest BCUT2D eigenvalue weighted by molar-refractivity contribution is -0.139. The van der Waals surface area contributed by atoms with E-state index in [1.165, 1.54) is 23.0 Å². The summed E-state index contributed by atoms with van der Waals surface area (Å²) in [4.78, 5) is 44.8. The fourth-order valence-electron chi connectivity index (χ4n) is 4.68. The summed E-state index contributed by atoms with van der Waals surface area (Å²) < 4.78 is 24.5. The maximum Gasteiger partial charge on any atom is 0.344 e. The molecule has 0 spiro atoms. The summed E-state index contributed by atoms with van der Waals surface area (Å²) in [5.74, 6) is 0.197. The van der Waals surface area contributed by atoms with Crippen molar-refractivity contribution in [2.75, 3.05) is 20.8 Å². The third kappa shape index (κ3) is 6.13. The number of methoxy groups -OCH3 is 2. The average molecular weight is 711 g/mol. The first-order valence-corrected chi connectivity index (χ1v) is 15.1. The van der Waals surface area contributed by atoms with Gasteiger partial charge in [-0.05, 0) is 90.0 Å². The summed E-state index contributed by atoms with van der Waals surface area (Å²) in [6.07, 6.45) is 1.71. The predicted octanol–water partition coefficient (Wildman–Crippen LogP) is 4.64. The van der Waals surface area contributed by atoms with Crippen LogP contribution in [0.5, 0.6) is 17.2 Å². The van der Waals surface area contributed by atoms with Crippen LogP contribution >= 0.6 is 33.9 Å². The number of hydrogen-bond acceptors (Lipinski definition) is 9. The first-order valence-electron chi connectivity index (χ1n) is 13.2. The van der Waals surface area contributed by atoms with Crippen molar-refractivity contribution >= 4 is 51.9 Å². The van der Waals surface area contributed by atoms with Gasteiger partial charge in [-0.3, -0.25) is 9.36 Å². The van der Waals surface area contributed by atoms with Crippen molar-refractivity contribution in [2.24, 2.45) is 4.99 Å². The minimum absolute atomic E-state index is 0.188. The highest BCUT2D eigenvalue weighted by molar-refractivity contribution is 14.1. The number of carbonyl (C=O) groups excluding carboxylic acids is 2. The third-order valence-corrected chi connectivity index (χ3v) is 8.65. The number of benzene rings is 3. The van der Waals surface area contributed by atoms with E-state index in [2.05, 4.69) is 27.6 Å². The second kappa shape index (κ2) is 13.0. The topological polar surface area (TPSA) is 105 Å². The van der Waals surface area contributed by atoms with E-state index in [9.17, 15) is 14.4 Å². The molecular formula is C32H27IN2O7S. The van der Waals surface area contributed by atoms with Crippen LogP contribution in [0.25, 0.3) is 6.08 Å². The second-order valence-corrected chi connectivity index (χ2v) is 11.5. The van der Waals surface area contributed by atoms with E-state index in [1.807, 2.05) is 24.3 Å². The van der Waals surface area contributed by atoms with E-state index in [-0.39, 0.29) is 17.9 Å². The Morgan fingerprint density at radius 3 is 2.42 bits per heavy atom. The lowest BCUT2D eigenvalue weighted by Gasteiger charge is -2.24. The summed E-state index contributed by atoms with van der Waals surface area (Å²) in [6, 6.07) is 18.6. The number of hydrogen-bond donors (Lipinski definition) is 0. The Labute approximate surface area is 264 Å². The molecule has 11 heteroatoms. The molecule has 2 heterocycles. The van der Waals surface area contributed by atoms with Crippen LogP contribution in [0.3, 0.4) is 0 Å². The molecule has 0 unspecified atom stereocenters. The van der Waals surface area contributed by atoms with Gasteiger partial charge in [0.25, 0.3) is 5.56 Å². The number of halogens is 1. The van der Waals surface area contributed by atoms with E-state index in [4.69, 9.17) is 18.9 Å². The fraction of sp³-hybridized carbons (Fsp3) is 0.188. The molecular weight excluding hydrogens is 683 g/mol. The molecule has 0 saturated heterocycles. The van der Waals surface area contributed by atoms with Gasteiger partial charge in [-0.2, -0.15) is 0 Å². The molecule has 0 radical (unpaired) electrons. The van der Waals surface area contributed by atoms with E-state index < -0.39 is 18.0 Å². The van der Waals surface area contributed by atoms with Gasteiger partial charge in [-0.15, -0.1) is 0 Å². The standard InChI is InChI=1S/C32H27IN2O7S/c1-5-41-31(38)27-18(2)34-32-35(28(27)20-11-13-21(39-3)14-12-20)29(36)26(43-32)17-19-10-15-24(25(16-19)40-4)42-30(37)22-8-6-7-9-23(22)33/h6-17,28H,5H2,1-4H3/b26-17-/t28-/m0/s1. The lowest BCUT2D eigenvalue weighted by atomic mass is 9.96. The third-order valence-electron chi connectivity index (χ3n) is 6.73. The number of carbonyl (C=O) groups is 2. The number of aromatic nitrogens is 1. The average Bonchev–Trinajstić information content (AvgIpc) is 3.31. The Morgan fingerprint density at radius 1 is 1.00 bits per heavy atom. The largest absolute Gasteiger partial charge is 0.497 e. The Balaban J connectivity index is 1.56. The number of esters is 2. The molecule has 0 fully saturated rings. The van der Waals surface area contributed by atoms with Gasteiger partial charge >= 0.3 is 11.9 Å². The molecule has 1 aliphatic rings. The van der Waals surface area contributed by atoms with E-state index in [0.29, 0.717) is 48.8 Å². The lowest BCUT2D eigenvalue weighted by Crippen LogP contribution is -2.39. The van der Waals surface area contributed by atoms with Gasteiger partial charge in [-0.1, -0.05) is 41.7 Å². The van der Waals surface area contributed by atoms with Crippen molar-refractivity contribution in [1.29, 1.82) is 0 Å². The molecule has 220 valence electrons. The highest BCUT2D eigenvalue weighted by Gasteiger charge is 2.33.